The number of piperidine rings is 1. The summed E-state index contributed by atoms with van der Waals surface area (Å²) in [5.41, 5.74) is -1.74. The molecule has 2 fully saturated rings. The van der Waals surface area contributed by atoms with Gasteiger partial charge in [-0.3, -0.25) is 9.80 Å². The van der Waals surface area contributed by atoms with Crippen LogP contribution in [0.1, 0.15) is 24.3 Å². The van der Waals surface area contributed by atoms with Gasteiger partial charge < -0.3 is 9.84 Å². The van der Waals surface area contributed by atoms with Gasteiger partial charge in [0.2, 0.25) is 5.67 Å². The van der Waals surface area contributed by atoms with Crippen molar-refractivity contribution in [2.24, 2.45) is 0 Å². The number of benzene rings is 1. The van der Waals surface area contributed by atoms with Crippen LogP contribution >= 0.6 is 0 Å². The van der Waals surface area contributed by atoms with Crippen molar-refractivity contribution < 1.29 is 27.8 Å². The lowest BCUT2D eigenvalue weighted by molar-refractivity contribution is -0.151. The molecule has 28 heavy (non-hydrogen) atoms. The van der Waals surface area contributed by atoms with Gasteiger partial charge in [0.15, 0.2) is 0 Å². The fraction of sp³-hybridized carbons (Fsp3) is 0.650. The van der Waals surface area contributed by atoms with Crippen molar-refractivity contribution in [1.29, 1.82) is 0 Å². The first-order valence-corrected chi connectivity index (χ1v) is 9.59. The molecule has 1 aromatic rings. The Hall–Kier alpha value is -1.80. The zero-order chi connectivity index (χ0) is 20.3. The summed E-state index contributed by atoms with van der Waals surface area (Å²) in [6, 6.07) is 6.11. The number of carboxylic acids is 1. The highest BCUT2D eigenvalue weighted by Crippen LogP contribution is 2.41. The van der Waals surface area contributed by atoms with Crippen molar-refractivity contribution in [3.05, 3.63) is 29.8 Å². The average molecular weight is 400 g/mol. The van der Waals surface area contributed by atoms with Crippen LogP contribution in [0.25, 0.3) is 0 Å². The lowest BCUT2D eigenvalue weighted by Crippen LogP contribution is -2.50. The number of halogens is 3. The number of alkyl halides is 3. The predicted molar refractivity (Wildman–Crippen MR) is 99.1 cm³/mol. The van der Waals surface area contributed by atoms with Crippen molar-refractivity contribution in [1.82, 2.24) is 9.80 Å². The molecule has 0 amide bonds. The summed E-state index contributed by atoms with van der Waals surface area (Å²) in [4.78, 5) is 15.4. The lowest BCUT2D eigenvalue weighted by Gasteiger charge is -2.39. The molecule has 0 radical (unpaired) electrons. The summed E-state index contributed by atoms with van der Waals surface area (Å²) in [6.07, 6.45) is 1.28. The Morgan fingerprint density at radius 2 is 1.86 bits per heavy atom. The fourth-order valence-corrected chi connectivity index (χ4v) is 4.40. The highest BCUT2D eigenvalue weighted by molar-refractivity contribution is 5.80. The molecule has 0 aliphatic carbocycles. The molecule has 0 spiro atoms. The van der Waals surface area contributed by atoms with Crippen LogP contribution in [0, 0.1) is 0 Å². The minimum Gasteiger partial charge on any atom is -0.497 e. The molecule has 3 rings (SSSR count). The van der Waals surface area contributed by atoms with Gasteiger partial charge in [0.05, 0.1) is 13.2 Å². The smallest absolute Gasteiger partial charge is 0.343 e. The van der Waals surface area contributed by atoms with Gasteiger partial charge in [-0.15, -0.1) is 0 Å². The van der Waals surface area contributed by atoms with Gasteiger partial charge >= 0.3 is 5.97 Å². The maximum Gasteiger partial charge on any atom is 0.343 e. The van der Waals surface area contributed by atoms with E-state index in [1.807, 2.05) is 4.90 Å². The Kier molecular flexibility index (Phi) is 6.50. The minimum absolute atomic E-state index is 0.00819. The normalized spacial score (nSPS) is 27.4. The molecule has 0 bridgehead atoms. The van der Waals surface area contributed by atoms with Crippen molar-refractivity contribution in [2.45, 2.75) is 36.5 Å². The summed E-state index contributed by atoms with van der Waals surface area (Å²) >= 11 is 0. The van der Waals surface area contributed by atoms with Gasteiger partial charge in [-0.05, 0) is 30.5 Å². The van der Waals surface area contributed by atoms with E-state index < -0.39 is 36.9 Å². The first-order valence-electron chi connectivity index (χ1n) is 9.59. The minimum atomic E-state index is -2.37. The summed E-state index contributed by atoms with van der Waals surface area (Å²) in [6.45, 7) is -0.276. The fourth-order valence-electron chi connectivity index (χ4n) is 4.40. The van der Waals surface area contributed by atoms with E-state index in [-0.39, 0.29) is 12.6 Å². The number of carboxylic acid groups (broad SMARTS) is 1. The number of hydrogen-bond donors (Lipinski definition) is 1. The number of nitrogens with zero attached hydrogens (tertiary/aromatic N) is 2. The van der Waals surface area contributed by atoms with E-state index in [0.717, 1.165) is 0 Å². The molecule has 2 heterocycles. The Morgan fingerprint density at radius 3 is 2.36 bits per heavy atom. The number of ether oxygens (including phenoxy) is 1. The predicted octanol–water partition coefficient (Wildman–Crippen LogP) is 2.66. The van der Waals surface area contributed by atoms with Gasteiger partial charge in [-0.2, -0.15) is 0 Å². The van der Waals surface area contributed by atoms with Crippen molar-refractivity contribution in [2.75, 3.05) is 46.6 Å². The molecule has 0 unspecified atom stereocenters. The Labute approximate surface area is 163 Å². The van der Waals surface area contributed by atoms with Crippen LogP contribution in [0.2, 0.25) is 0 Å². The standard InChI is InChI=1S/C20H27F3N2O3/c1-28-17-4-2-14(3-5-17)18-12-25(13-20(18,23)19(26)27)15-6-8-24(9-7-15)16(10-21)11-22/h2-5,15-16,18H,6-13H2,1H3,(H,26,27)/t18-,20-/m0/s1. The van der Waals surface area contributed by atoms with Crippen LogP contribution in [0.5, 0.6) is 5.75 Å². The quantitative estimate of drug-likeness (QED) is 0.763. The molecular formula is C20H27F3N2O3. The molecule has 2 aliphatic heterocycles. The van der Waals surface area contributed by atoms with Crippen LogP contribution in [-0.4, -0.2) is 85.3 Å². The number of carbonyl (C=O) groups is 1. The summed E-state index contributed by atoms with van der Waals surface area (Å²) in [5, 5.41) is 9.58. The van der Waals surface area contributed by atoms with E-state index in [1.165, 1.54) is 7.11 Å². The first kappa shape index (κ1) is 20.9. The molecule has 156 valence electrons. The van der Waals surface area contributed by atoms with E-state index in [1.54, 1.807) is 29.2 Å². The maximum atomic E-state index is 15.5. The Morgan fingerprint density at radius 1 is 1.25 bits per heavy atom. The molecule has 0 saturated carbocycles. The van der Waals surface area contributed by atoms with Gasteiger partial charge in [0.1, 0.15) is 19.1 Å². The van der Waals surface area contributed by atoms with E-state index in [9.17, 15) is 18.7 Å². The van der Waals surface area contributed by atoms with E-state index in [4.69, 9.17) is 4.74 Å². The second kappa shape index (κ2) is 8.69. The Bertz CT molecular complexity index is 663. The second-order valence-corrected chi connectivity index (χ2v) is 7.65. The third-order valence-corrected chi connectivity index (χ3v) is 6.16. The van der Waals surface area contributed by atoms with Crippen molar-refractivity contribution in [3.63, 3.8) is 0 Å². The highest BCUT2D eigenvalue weighted by Gasteiger charge is 2.55. The molecule has 5 nitrogen and oxygen atoms in total. The zero-order valence-corrected chi connectivity index (χ0v) is 16.0. The maximum absolute atomic E-state index is 15.5. The first-order chi connectivity index (χ1) is 13.4. The van der Waals surface area contributed by atoms with E-state index in [2.05, 4.69) is 0 Å². The SMILES string of the molecule is COc1ccc([C@@H]2CN(C3CCN(C(CF)CF)CC3)C[C@@]2(F)C(=O)O)cc1. The van der Waals surface area contributed by atoms with Gasteiger partial charge in [0.25, 0.3) is 0 Å². The molecule has 1 N–H and O–H groups in total. The van der Waals surface area contributed by atoms with E-state index in [0.29, 0.717) is 43.8 Å². The van der Waals surface area contributed by atoms with Gasteiger partial charge in [-0.1, -0.05) is 12.1 Å². The van der Waals surface area contributed by atoms with Crippen LogP contribution < -0.4 is 4.74 Å². The topological polar surface area (TPSA) is 53.0 Å². The number of methoxy groups -OCH3 is 1. The third kappa shape index (κ3) is 3.98. The van der Waals surface area contributed by atoms with Crippen LogP contribution in [0.4, 0.5) is 13.2 Å². The van der Waals surface area contributed by atoms with Crippen LogP contribution in [-0.2, 0) is 4.79 Å². The second-order valence-electron chi connectivity index (χ2n) is 7.65. The van der Waals surface area contributed by atoms with Crippen LogP contribution in [0.3, 0.4) is 0 Å². The van der Waals surface area contributed by atoms with E-state index >= 15 is 4.39 Å². The lowest BCUT2D eigenvalue weighted by atomic mass is 9.86. The molecule has 8 heteroatoms. The molecule has 2 atom stereocenters. The number of rotatable bonds is 7. The monoisotopic (exact) mass is 400 g/mol. The van der Waals surface area contributed by atoms with Gasteiger partial charge in [0, 0.05) is 38.1 Å². The molecule has 2 aliphatic rings. The zero-order valence-electron chi connectivity index (χ0n) is 16.0. The van der Waals surface area contributed by atoms with Crippen molar-refractivity contribution >= 4 is 5.97 Å². The summed E-state index contributed by atoms with van der Waals surface area (Å²) in [5.74, 6) is -1.61. The highest BCUT2D eigenvalue weighted by atomic mass is 19.1. The Balaban J connectivity index is 1.72. The molecular weight excluding hydrogens is 373 g/mol. The van der Waals surface area contributed by atoms with Crippen LogP contribution in [0.15, 0.2) is 24.3 Å². The summed E-state index contributed by atoms with van der Waals surface area (Å²) in [7, 11) is 1.53. The number of aliphatic carboxylic acids is 1. The molecule has 2 saturated heterocycles. The number of hydrogen-bond acceptors (Lipinski definition) is 4. The molecule has 1 aromatic carbocycles. The number of likely N-dealkylation sites (tertiary alicyclic amines) is 2. The summed E-state index contributed by atoms with van der Waals surface area (Å²) < 4.78 is 46.4. The molecule has 0 aromatic heterocycles. The third-order valence-electron chi connectivity index (χ3n) is 6.16. The van der Waals surface area contributed by atoms with Gasteiger partial charge in [-0.25, -0.2) is 18.0 Å². The average Bonchev–Trinajstić information content (AvgIpc) is 3.08. The van der Waals surface area contributed by atoms with Crippen molar-refractivity contribution in [3.8, 4) is 5.75 Å². The largest absolute Gasteiger partial charge is 0.497 e.